The maximum Gasteiger partial charge on any atom is 0.321 e. The third-order valence-corrected chi connectivity index (χ3v) is 3.60. The van der Waals surface area contributed by atoms with E-state index in [4.69, 9.17) is 0 Å². The van der Waals surface area contributed by atoms with Crippen molar-refractivity contribution in [2.24, 2.45) is 0 Å². The lowest BCUT2D eigenvalue weighted by Gasteiger charge is -2.31. The Morgan fingerprint density at radius 3 is 3.14 bits per heavy atom. The maximum absolute atomic E-state index is 13.1. The summed E-state index contributed by atoms with van der Waals surface area (Å²) in [5, 5.41) is 9.42. The SMILES string of the molecule is O=C(Nc1cccc(F)c1)N1CCC[C@@H](c2ncn[nH]2)C1. The van der Waals surface area contributed by atoms with Crippen molar-refractivity contribution in [3.05, 3.63) is 42.2 Å². The lowest BCUT2D eigenvalue weighted by Crippen LogP contribution is -2.41. The van der Waals surface area contributed by atoms with Gasteiger partial charge in [0.25, 0.3) is 0 Å². The van der Waals surface area contributed by atoms with Crippen LogP contribution in [0.25, 0.3) is 0 Å². The average Bonchev–Trinajstić information content (AvgIpc) is 3.02. The van der Waals surface area contributed by atoms with Crippen molar-refractivity contribution in [3.63, 3.8) is 0 Å². The maximum atomic E-state index is 13.1. The minimum Gasteiger partial charge on any atom is -0.324 e. The molecule has 2 aromatic rings. The first-order chi connectivity index (χ1) is 10.2. The van der Waals surface area contributed by atoms with Crippen LogP contribution in [0, 0.1) is 5.82 Å². The third-order valence-electron chi connectivity index (χ3n) is 3.60. The number of carbonyl (C=O) groups excluding carboxylic acids is 1. The summed E-state index contributed by atoms with van der Waals surface area (Å²) in [5.41, 5.74) is 0.460. The van der Waals surface area contributed by atoms with Crippen LogP contribution in [0.2, 0.25) is 0 Å². The number of rotatable bonds is 2. The van der Waals surface area contributed by atoms with Crippen LogP contribution in [0.15, 0.2) is 30.6 Å². The zero-order chi connectivity index (χ0) is 14.7. The molecule has 1 aromatic carbocycles. The van der Waals surface area contributed by atoms with Gasteiger partial charge in [-0.3, -0.25) is 5.10 Å². The molecule has 7 heteroatoms. The van der Waals surface area contributed by atoms with E-state index in [1.54, 1.807) is 17.0 Å². The predicted octanol–water partition coefficient (Wildman–Crippen LogP) is 2.36. The van der Waals surface area contributed by atoms with E-state index in [-0.39, 0.29) is 17.8 Å². The molecule has 0 bridgehead atoms. The standard InChI is InChI=1S/C14H16FN5O/c15-11-4-1-5-12(7-11)18-14(21)20-6-2-3-10(8-20)13-16-9-17-19-13/h1,4-5,7,9-10H,2-3,6,8H2,(H,18,21)(H,16,17,19)/t10-/m1/s1. The fraction of sp³-hybridized carbons (Fsp3) is 0.357. The summed E-state index contributed by atoms with van der Waals surface area (Å²) >= 11 is 0. The summed E-state index contributed by atoms with van der Waals surface area (Å²) in [6.07, 6.45) is 3.35. The van der Waals surface area contributed by atoms with E-state index >= 15 is 0 Å². The van der Waals surface area contributed by atoms with Gasteiger partial charge in [0.05, 0.1) is 0 Å². The number of aromatic nitrogens is 3. The highest BCUT2D eigenvalue weighted by Crippen LogP contribution is 2.24. The fourth-order valence-corrected chi connectivity index (χ4v) is 2.57. The van der Waals surface area contributed by atoms with Gasteiger partial charge < -0.3 is 10.2 Å². The Balaban J connectivity index is 1.64. The number of benzene rings is 1. The van der Waals surface area contributed by atoms with Gasteiger partial charge in [0.1, 0.15) is 18.0 Å². The van der Waals surface area contributed by atoms with E-state index in [0.717, 1.165) is 18.7 Å². The lowest BCUT2D eigenvalue weighted by atomic mass is 9.98. The van der Waals surface area contributed by atoms with Crippen LogP contribution >= 0.6 is 0 Å². The molecule has 6 nitrogen and oxygen atoms in total. The molecule has 1 fully saturated rings. The zero-order valence-electron chi connectivity index (χ0n) is 11.4. The minimum atomic E-state index is -0.369. The molecule has 0 spiro atoms. The summed E-state index contributed by atoms with van der Waals surface area (Å²) in [6.45, 7) is 1.27. The van der Waals surface area contributed by atoms with E-state index in [2.05, 4.69) is 20.5 Å². The minimum absolute atomic E-state index is 0.166. The van der Waals surface area contributed by atoms with Gasteiger partial charge in [0, 0.05) is 24.7 Å². The van der Waals surface area contributed by atoms with Gasteiger partial charge in [-0.1, -0.05) is 6.07 Å². The Labute approximate surface area is 121 Å². The summed E-state index contributed by atoms with van der Waals surface area (Å²) in [7, 11) is 0. The largest absolute Gasteiger partial charge is 0.324 e. The Bertz CT molecular complexity index is 616. The summed E-state index contributed by atoms with van der Waals surface area (Å²) in [4.78, 5) is 18.1. The Morgan fingerprint density at radius 2 is 2.38 bits per heavy atom. The molecule has 1 aliphatic heterocycles. The number of piperidine rings is 1. The lowest BCUT2D eigenvalue weighted by molar-refractivity contribution is 0.191. The van der Waals surface area contributed by atoms with Crippen LogP contribution in [0.5, 0.6) is 0 Å². The van der Waals surface area contributed by atoms with Gasteiger partial charge >= 0.3 is 6.03 Å². The molecule has 2 N–H and O–H groups in total. The van der Waals surface area contributed by atoms with Crippen molar-refractivity contribution in [1.82, 2.24) is 20.1 Å². The van der Waals surface area contributed by atoms with E-state index in [1.807, 2.05) is 0 Å². The van der Waals surface area contributed by atoms with Crippen LogP contribution < -0.4 is 5.32 Å². The van der Waals surface area contributed by atoms with Gasteiger partial charge in [-0.15, -0.1) is 0 Å². The molecule has 0 saturated carbocycles. The second-order valence-electron chi connectivity index (χ2n) is 5.10. The molecule has 1 saturated heterocycles. The van der Waals surface area contributed by atoms with Gasteiger partial charge in [0.15, 0.2) is 0 Å². The number of amides is 2. The van der Waals surface area contributed by atoms with Crippen molar-refractivity contribution in [2.75, 3.05) is 18.4 Å². The van der Waals surface area contributed by atoms with Crippen molar-refractivity contribution in [3.8, 4) is 0 Å². The molecule has 1 atom stereocenters. The summed E-state index contributed by atoms with van der Waals surface area (Å²) in [6, 6.07) is 5.66. The number of halogens is 1. The highest BCUT2D eigenvalue weighted by molar-refractivity contribution is 5.89. The molecular formula is C14H16FN5O. The first-order valence-electron chi connectivity index (χ1n) is 6.89. The van der Waals surface area contributed by atoms with E-state index < -0.39 is 0 Å². The Morgan fingerprint density at radius 1 is 1.48 bits per heavy atom. The molecule has 2 heterocycles. The normalized spacial score (nSPS) is 18.5. The second kappa shape index (κ2) is 5.90. The molecule has 1 aromatic heterocycles. The van der Waals surface area contributed by atoms with E-state index in [9.17, 15) is 9.18 Å². The highest BCUT2D eigenvalue weighted by Gasteiger charge is 2.26. The number of aromatic amines is 1. The number of H-pyrrole nitrogens is 1. The number of hydrogen-bond acceptors (Lipinski definition) is 3. The zero-order valence-corrected chi connectivity index (χ0v) is 11.4. The molecule has 0 aliphatic carbocycles. The molecule has 0 radical (unpaired) electrons. The van der Waals surface area contributed by atoms with Crippen molar-refractivity contribution in [1.29, 1.82) is 0 Å². The monoisotopic (exact) mass is 289 g/mol. The quantitative estimate of drug-likeness (QED) is 0.891. The number of likely N-dealkylation sites (tertiary alicyclic amines) is 1. The number of hydrogen-bond donors (Lipinski definition) is 2. The molecule has 3 rings (SSSR count). The van der Waals surface area contributed by atoms with E-state index in [0.29, 0.717) is 18.8 Å². The summed E-state index contributed by atoms with van der Waals surface area (Å²) < 4.78 is 13.1. The number of nitrogens with zero attached hydrogens (tertiary/aromatic N) is 3. The number of nitrogens with one attached hydrogen (secondary N) is 2. The summed E-state index contributed by atoms with van der Waals surface area (Å²) in [5.74, 6) is 0.601. The van der Waals surface area contributed by atoms with E-state index in [1.165, 1.54) is 18.5 Å². The van der Waals surface area contributed by atoms with Gasteiger partial charge in [-0.25, -0.2) is 14.2 Å². The highest BCUT2D eigenvalue weighted by atomic mass is 19.1. The average molecular weight is 289 g/mol. The molecular weight excluding hydrogens is 273 g/mol. The molecule has 21 heavy (non-hydrogen) atoms. The fourth-order valence-electron chi connectivity index (χ4n) is 2.57. The number of carbonyl (C=O) groups is 1. The van der Waals surface area contributed by atoms with Gasteiger partial charge in [-0.05, 0) is 31.0 Å². The van der Waals surface area contributed by atoms with Gasteiger partial charge in [-0.2, -0.15) is 5.10 Å². The predicted molar refractivity (Wildman–Crippen MR) is 75.3 cm³/mol. The second-order valence-corrected chi connectivity index (χ2v) is 5.10. The van der Waals surface area contributed by atoms with Crippen molar-refractivity contribution < 1.29 is 9.18 Å². The topological polar surface area (TPSA) is 73.9 Å². The Kier molecular flexibility index (Phi) is 3.81. The van der Waals surface area contributed by atoms with Crippen LogP contribution in [0.4, 0.5) is 14.9 Å². The molecule has 2 amide bonds. The van der Waals surface area contributed by atoms with Gasteiger partial charge in [0.2, 0.25) is 0 Å². The van der Waals surface area contributed by atoms with Crippen LogP contribution in [-0.2, 0) is 0 Å². The van der Waals surface area contributed by atoms with Crippen molar-refractivity contribution in [2.45, 2.75) is 18.8 Å². The van der Waals surface area contributed by atoms with Crippen molar-refractivity contribution >= 4 is 11.7 Å². The third kappa shape index (κ3) is 3.18. The first-order valence-corrected chi connectivity index (χ1v) is 6.89. The smallest absolute Gasteiger partial charge is 0.321 e. The number of anilines is 1. The number of urea groups is 1. The van der Waals surface area contributed by atoms with Crippen LogP contribution in [-0.4, -0.2) is 39.2 Å². The molecule has 0 unspecified atom stereocenters. The molecule has 1 aliphatic rings. The first kappa shape index (κ1) is 13.5. The van der Waals surface area contributed by atoms with Crippen LogP contribution in [0.3, 0.4) is 0 Å². The van der Waals surface area contributed by atoms with Crippen LogP contribution in [0.1, 0.15) is 24.6 Å². The Hall–Kier alpha value is -2.44. The molecule has 110 valence electrons.